The van der Waals surface area contributed by atoms with E-state index in [0.29, 0.717) is 29.1 Å². The van der Waals surface area contributed by atoms with Crippen LogP contribution in [0.2, 0.25) is 5.02 Å². The van der Waals surface area contributed by atoms with E-state index in [9.17, 15) is 0 Å². The molecule has 4 nitrogen and oxygen atoms in total. The maximum atomic E-state index is 6.16. The maximum absolute atomic E-state index is 6.16. The van der Waals surface area contributed by atoms with Crippen molar-refractivity contribution < 1.29 is 9.26 Å². The molecule has 26 heavy (non-hydrogen) atoms. The highest BCUT2D eigenvalue weighted by Crippen LogP contribution is 2.27. The second-order valence-corrected chi connectivity index (χ2v) is 7.17. The van der Waals surface area contributed by atoms with Gasteiger partial charge in [-0.2, -0.15) is 4.98 Å². The summed E-state index contributed by atoms with van der Waals surface area (Å²) in [6.45, 7) is 2.44. The second-order valence-electron chi connectivity index (χ2n) is 5.82. The van der Waals surface area contributed by atoms with Crippen molar-refractivity contribution in [2.75, 3.05) is 0 Å². The van der Waals surface area contributed by atoms with Crippen molar-refractivity contribution in [1.29, 1.82) is 0 Å². The fourth-order valence-corrected chi connectivity index (χ4v) is 3.29. The van der Waals surface area contributed by atoms with Crippen LogP contribution in [0.15, 0.2) is 64.5 Å². The number of aromatic nitrogens is 2. The first-order valence-electron chi connectivity index (χ1n) is 8.05. The van der Waals surface area contributed by atoms with E-state index in [1.54, 1.807) is 11.3 Å². The number of hydrogen-bond donors (Lipinski definition) is 0. The Labute approximate surface area is 160 Å². The molecule has 6 heteroatoms. The first-order chi connectivity index (χ1) is 12.7. The highest BCUT2D eigenvalue weighted by molar-refractivity contribution is 7.13. The fourth-order valence-electron chi connectivity index (χ4n) is 2.47. The minimum absolute atomic E-state index is 0.438. The third-order valence-corrected chi connectivity index (χ3v) is 5.03. The predicted molar refractivity (Wildman–Crippen MR) is 104 cm³/mol. The van der Waals surface area contributed by atoms with Crippen molar-refractivity contribution in [2.24, 2.45) is 0 Å². The highest BCUT2D eigenvalue weighted by Gasteiger charge is 2.11. The number of hydrogen-bond acceptors (Lipinski definition) is 5. The molecule has 2 aromatic carbocycles. The standard InChI is InChI=1S/C20H15ClN2O2S/c1-13-4-9-16(21)17(11-13)24-12-14-5-7-15(8-6-14)20-22-19(23-25-20)18-3-2-10-26-18/h2-11H,12H2,1H3. The molecule has 0 unspecified atom stereocenters. The lowest BCUT2D eigenvalue weighted by atomic mass is 10.1. The summed E-state index contributed by atoms with van der Waals surface area (Å²) in [5.41, 5.74) is 3.01. The predicted octanol–water partition coefficient (Wildman–Crippen LogP) is 6.01. The number of nitrogens with zero attached hydrogens (tertiary/aromatic N) is 2. The summed E-state index contributed by atoms with van der Waals surface area (Å²) in [6.07, 6.45) is 0. The minimum atomic E-state index is 0.438. The van der Waals surface area contributed by atoms with Crippen LogP contribution in [0.1, 0.15) is 11.1 Å². The lowest BCUT2D eigenvalue weighted by Gasteiger charge is -2.09. The molecule has 0 aliphatic carbocycles. The molecule has 2 heterocycles. The second kappa shape index (κ2) is 7.32. The van der Waals surface area contributed by atoms with Gasteiger partial charge >= 0.3 is 0 Å². The summed E-state index contributed by atoms with van der Waals surface area (Å²) in [6, 6.07) is 17.5. The number of benzene rings is 2. The first-order valence-corrected chi connectivity index (χ1v) is 9.31. The van der Waals surface area contributed by atoms with Crippen LogP contribution >= 0.6 is 22.9 Å². The van der Waals surface area contributed by atoms with Gasteiger partial charge < -0.3 is 9.26 Å². The average Bonchev–Trinajstić information content (AvgIpc) is 3.34. The van der Waals surface area contributed by atoms with Gasteiger partial charge in [0.25, 0.3) is 5.89 Å². The average molecular weight is 383 g/mol. The molecule has 0 radical (unpaired) electrons. The normalized spacial score (nSPS) is 10.8. The Bertz CT molecular complexity index is 1010. The molecule has 2 aromatic heterocycles. The Hall–Kier alpha value is -2.63. The zero-order valence-electron chi connectivity index (χ0n) is 14.0. The fraction of sp³-hybridized carbons (Fsp3) is 0.100. The van der Waals surface area contributed by atoms with Gasteiger partial charge in [-0.15, -0.1) is 11.3 Å². The number of thiophene rings is 1. The summed E-state index contributed by atoms with van der Waals surface area (Å²) in [5, 5.41) is 6.63. The van der Waals surface area contributed by atoms with Gasteiger partial charge in [0.05, 0.1) is 9.90 Å². The summed E-state index contributed by atoms with van der Waals surface area (Å²) in [7, 11) is 0. The molecule has 4 rings (SSSR count). The zero-order valence-corrected chi connectivity index (χ0v) is 15.6. The van der Waals surface area contributed by atoms with Crippen LogP contribution in [-0.2, 0) is 6.61 Å². The first kappa shape index (κ1) is 16.8. The van der Waals surface area contributed by atoms with Gasteiger partial charge in [-0.05, 0) is 53.8 Å². The van der Waals surface area contributed by atoms with E-state index in [0.717, 1.165) is 21.6 Å². The molecule has 0 amide bonds. The summed E-state index contributed by atoms with van der Waals surface area (Å²) in [4.78, 5) is 5.44. The molecular formula is C20H15ClN2O2S. The van der Waals surface area contributed by atoms with Gasteiger partial charge in [0.15, 0.2) is 0 Å². The molecule has 4 aromatic rings. The molecule has 0 saturated heterocycles. The summed E-state index contributed by atoms with van der Waals surface area (Å²) < 4.78 is 11.2. The van der Waals surface area contributed by atoms with Crippen LogP contribution in [0.3, 0.4) is 0 Å². The molecule has 0 atom stereocenters. The largest absolute Gasteiger partial charge is 0.487 e. The zero-order chi connectivity index (χ0) is 17.9. The molecule has 0 aliphatic rings. The van der Waals surface area contributed by atoms with E-state index < -0.39 is 0 Å². The summed E-state index contributed by atoms with van der Waals surface area (Å²) >= 11 is 7.74. The van der Waals surface area contributed by atoms with Crippen molar-refractivity contribution >= 4 is 22.9 Å². The van der Waals surface area contributed by atoms with Crippen LogP contribution in [0, 0.1) is 6.92 Å². The third kappa shape index (κ3) is 3.64. The molecular weight excluding hydrogens is 368 g/mol. The van der Waals surface area contributed by atoms with E-state index in [2.05, 4.69) is 10.1 Å². The smallest absolute Gasteiger partial charge is 0.258 e. The van der Waals surface area contributed by atoms with Crippen LogP contribution in [0.5, 0.6) is 5.75 Å². The van der Waals surface area contributed by atoms with E-state index in [1.165, 1.54) is 0 Å². The van der Waals surface area contributed by atoms with Crippen molar-refractivity contribution in [3.05, 3.63) is 76.1 Å². The Morgan fingerprint density at radius 3 is 2.73 bits per heavy atom. The van der Waals surface area contributed by atoms with Gasteiger partial charge in [0.1, 0.15) is 12.4 Å². The van der Waals surface area contributed by atoms with Crippen LogP contribution in [-0.4, -0.2) is 10.1 Å². The van der Waals surface area contributed by atoms with Crippen molar-refractivity contribution in [2.45, 2.75) is 13.5 Å². The molecule has 130 valence electrons. The third-order valence-electron chi connectivity index (χ3n) is 3.85. The molecule has 0 bridgehead atoms. The molecule has 0 aliphatic heterocycles. The van der Waals surface area contributed by atoms with E-state index in [1.807, 2.05) is 66.9 Å². The van der Waals surface area contributed by atoms with Crippen molar-refractivity contribution in [3.63, 3.8) is 0 Å². The van der Waals surface area contributed by atoms with Crippen molar-refractivity contribution in [1.82, 2.24) is 10.1 Å². The van der Waals surface area contributed by atoms with E-state index in [-0.39, 0.29) is 0 Å². The summed E-state index contributed by atoms with van der Waals surface area (Å²) in [5.74, 6) is 1.80. The van der Waals surface area contributed by atoms with Gasteiger partial charge in [0, 0.05) is 5.56 Å². The molecule has 0 N–H and O–H groups in total. The maximum Gasteiger partial charge on any atom is 0.258 e. The Morgan fingerprint density at radius 2 is 1.96 bits per heavy atom. The highest BCUT2D eigenvalue weighted by atomic mass is 35.5. The topological polar surface area (TPSA) is 48.2 Å². The van der Waals surface area contributed by atoms with Crippen molar-refractivity contribution in [3.8, 4) is 27.9 Å². The van der Waals surface area contributed by atoms with Gasteiger partial charge in [-0.1, -0.05) is 41.0 Å². The molecule has 0 spiro atoms. The van der Waals surface area contributed by atoms with Gasteiger partial charge in [-0.25, -0.2) is 0 Å². The lowest BCUT2D eigenvalue weighted by molar-refractivity contribution is 0.306. The SMILES string of the molecule is Cc1ccc(Cl)c(OCc2ccc(-c3nc(-c4cccs4)no3)cc2)c1. The Morgan fingerprint density at radius 1 is 1.12 bits per heavy atom. The minimum Gasteiger partial charge on any atom is -0.487 e. The monoisotopic (exact) mass is 382 g/mol. The van der Waals surface area contributed by atoms with Gasteiger partial charge in [-0.3, -0.25) is 0 Å². The number of halogens is 1. The number of ether oxygens (including phenoxy) is 1. The van der Waals surface area contributed by atoms with E-state index in [4.69, 9.17) is 20.9 Å². The van der Waals surface area contributed by atoms with Crippen LogP contribution in [0.4, 0.5) is 0 Å². The van der Waals surface area contributed by atoms with Crippen LogP contribution in [0.25, 0.3) is 22.2 Å². The Balaban J connectivity index is 1.46. The van der Waals surface area contributed by atoms with Crippen LogP contribution < -0.4 is 4.74 Å². The number of aryl methyl sites for hydroxylation is 1. The molecule has 0 saturated carbocycles. The quantitative estimate of drug-likeness (QED) is 0.424. The lowest BCUT2D eigenvalue weighted by Crippen LogP contribution is -1.96. The van der Waals surface area contributed by atoms with E-state index >= 15 is 0 Å². The molecule has 0 fully saturated rings. The van der Waals surface area contributed by atoms with Gasteiger partial charge in [0.2, 0.25) is 5.82 Å². The number of rotatable bonds is 5. The Kier molecular flexibility index (Phi) is 4.73.